The molecule has 1 aliphatic rings. The highest BCUT2D eigenvalue weighted by molar-refractivity contribution is 5.99. The predicted octanol–water partition coefficient (Wildman–Crippen LogP) is 5.93. The number of carboxylic acid groups (broad SMARTS) is 1. The lowest BCUT2D eigenvalue weighted by Gasteiger charge is -2.20. The van der Waals surface area contributed by atoms with Crippen LogP contribution in [0.1, 0.15) is 67.3 Å². The summed E-state index contributed by atoms with van der Waals surface area (Å²) < 4.78 is 0. The Hall–Kier alpha value is -3.08. The Labute approximate surface area is 197 Å². The molecule has 1 fully saturated rings. The Morgan fingerprint density at radius 3 is 2.03 bits per heavy atom. The van der Waals surface area contributed by atoms with Crippen LogP contribution in [0.2, 0.25) is 0 Å². The van der Waals surface area contributed by atoms with E-state index in [1.165, 1.54) is 60.5 Å². The molecule has 0 bridgehead atoms. The maximum atomic E-state index is 12.5. The quantitative estimate of drug-likeness (QED) is 0.459. The summed E-state index contributed by atoms with van der Waals surface area (Å²) in [5, 5.41) is 15.2. The average Bonchev–Trinajstić information content (AvgIpc) is 3.29. The number of carbonyl (C=O) groups excluding carboxylic acids is 1. The Kier molecular flexibility index (Phi) is 7.62. The molecule has 1 amide bonds. The first-order valence-corrected chi connectivity index (χ1v) is 11.8. The number of anilines is 1. The van der Waals surface area contributed by atoms with Crippen molar-refractivity contribution in [3.8, 4) is 11.1 Å². The van der Waals surface area contributed by atoms with Gasteiger partial charge in [-0.3, -0.25) is 9.59 Å². The minimum Gasteiger partial charge on any atom is -0.480 e. The SMILES string of the molecule is CC(=Cc1c(C)c(C)c(-c2ccc(NC3CCCC3)cc2)c(C)c1C)C(=O)N[C@H](C)C(=O)O. The highest BCUT2D eigenvalue weighted by Crippen LogP contribution is 2.36. The number of amides is 1. The molecule has 33 heavy (non-hydrogen) atoms. The van der Waals surface area contributed by atoms with E-state index in [0.29, 0.717) is 11.6 Å². The van der Waals surface area contributed by atoms with E-state index in [9.17, 15) is 9.59 Å². The Balaban J connectivity index is 1.90. The van der Waals surface area contributed by atoms with E-state index in [1.807, 2.05) is 6.08 Å². The van der Waals surface area contributed by atoms with Crippen molar-refractivity contribution < 1.29 is 14.7 Å². The van der Waals surface area contributed by atoms with Crippen molar-refractivity contribution >= 4 is 23.6 Å². The molecule has 0 radical (unpaired) electrons. The van der Waals surface area contributed by atoms with Gasteiger partial charge in [-0.1, -0.05) is 25.0 Å². The minimum atomic E-state index is -1.05. The molecule has 0 aliphatic heterocycles. The zero-order valence-corrected chi connectivity index (χ0v) is 20.6. The van der Waals surface area contributed by atoms with Gasteiger partial charge in [-0.25, -0.2) is 0 Å². The monoisotopic (exact) mass is 448 g/mol. The van der Waals surface area contributed by atoms with E-state index in [1.54, 1.807) is 6.92 Å². The molecule has 0 saturated heterocycles. The minimum absolute atomic E-state index is 0.367. The molecular weight excluding hydrogens is 412 g/mol. The van der Waals surface area contributed by atoms with Gasteiger partial charge < -0.3 is 15.7 Å². The third kappa shape index (κ3) is 5.47. The molecule has 2 aromatic rings. The molecule has 1 saturated carbocycles. The van der Waals surface area contributed by atoms with Crippen LogP contribution < -0.4 is 10.6 Å². The first kappa shape index (κ1) is 24.6. The molecule has 0 unspecified atom stereocenters. The molecule has 1 aliphatic carbocycles. The van der Waals surface area contributed by atoms with Gasteiger partial charge in [0.25, 0.3) is 0 Å². The van der Waals surface area contributed by atoms with Gasteiger partial charge in [0, 0.05) is 17.3 Å². The zero-order chi connectivity index (χ0) is 24.3. The first-order chi connectivity index (χ1) is 15.6. The van der Waals surface area contributed by atoms with Crippen LogP contribution in [0.25, 0.3) is 17.2 Å². The summed E-state index contributed by atoms with van der Waals surface area (Å²) in [6.07, 6.45) is 6.99. The van der Waals surface area contributed by atoms with Gasteiger partial charge in [-0.15, -0.1) is 0 Å². The maximum Gasteiger partial charge on any atom is 0.325 e. The standard InChI is InChI=1S/C28H36N2O3/c1-16(27(31)29-21(6)28(32)33)15-25-17(2)19(4)26(20(5)18(25)3)22-11-13-24(14-12-22)30-23-9-7-8-10-23/h11-15,21,23,30H,7-10H2,1-6H3,(H,29,31)(H,32,33)/t21-/m1/s1. The van der Waals surface area contributed by atoms with Crippen molar-refractivity contribution in [3.63, 3.8) is 0 Å². The van der Waals surface area contributed by atoms with E-state index in [0.717, 1.165) is 16.7 Å². The van der Waals surface area contributed by atoms with Crippen molar-refractivity contribution in [1.29, 1.82) is 0 Å². The molecule has 0 heterocycles. The second-order valence-electron chi connectivity index (χ2n) is 9.35. The number of nitrogens with one attached hydrogen (secondary N) is 2. The molecule has 176 valence electrons. The molecule has 0 aromatic heterocycles. The number of hydrogen-bond acceptors (Lipinski definition) is 3. The van der Waals surface area contributed by atoms with E-state index in [-0.39, 0.29) is 5.91 Å². The summed E-state index contributed by atoms with van der Waals surface area (Å²) in [6, 6.07) is 8.38. The smallest absolute Gasteiger partial charge is 0.325 e. The molecule has 1 atom stereocenters. The third-order valence-electron chi connectivity index (χ3n) is 7.02. The van der Waals surface area contributed by atoms with Gasteiger partial charge >= 0.3 is 5.97 Å². The van der Waals surface area contributed by atoms with Crippen LogP contribution >= 0.6 is 0 Å². The highest BCUT2D eigenvalue weighted by atomic mass is 16.4. The van der Waals surface area contributed by atoms with Crippen LogP contribution in [-0.4, -0.2) is 29.1 Å². The van der Waals surface area contributed by atoms with E-state index >= 15 is 0 Å². The number of carboxylic acids is 1. The molecule has 3 N–H and O–H groups in total. The lowest BCUT2D eigenvalue weighted by molar-refractivity contribution is -0.140. The van der Waals surface area contributed by atoms with Crippen LogP contribution in [-0.2, 0) is 9.59 Å². The van der Waals surface area contributed by atoms with Crippen LogP contribution in [0, 0.1) is 27.7 Å². The van der Waals surface area contributed by atoms with E-state index in [2.05, 4.69) is 62.6 Å². The van der Waals surface area contributed by atoms with Gasteiger partial charge in [0.2, 0.25) is 5.91 Å². The highest BCUT2D eigenvalue weighted by Gasteiger charge is 2.19. The average molecular weight is 449 g/mol. The normalized spacial score (nSPS) is 15.4. The van der Waals surface area contributed by atoms with E-state index < -0.39 is 12.0 Å². The van der Waals surface area contributed by atoms with Gasteiger partial charge in [-0.2, -0.15) is 0 Å². The van der Waals surface area contributed by atoms with Gasteiger partial charge in [0.05, 0.1) is 0 Å². The third-order valence-corrected chi connectivity index (χ3v) is 7.02. The number of aliphatic carboxylic acids is 1. The van der Waals surface area contributed by atoms with Crippen molar-refractivity contribution in [2.45, 2.75) is 79.3 Å². The number of rotatable bonds is 7. The summed E-state index contributed by atoms with van der Waals surface area (Å²) in [5.74, 6) is -1.42. The fraction of sp³-hybridized carbons (Fsp3) is 0.429. The molecule has 2 aromatic carbocycles. The second-order valence-corrected chi connectivity index (χ2v) is 9.35. The van der Waals surface area contributed by atoms with Crippen molar-refractivity contribution in [2.24, 2.45) is 0 Å². The van der Waals surface area contributed by atoms with Gasteiger partial charge in [-0.05, 0) is 112 Å². The van der Waals surface area contributed by atoms with E-state index in [4.69, 9.17) is 5.11 Å². The summed E-state index contributed by atoms with van der Waals surface area (Å²) in [4.78, 5) is 23.5. The summed E-state index contributed by atoms with van der Waals surface area (Å²) in [7, 11) is 0. The largest absolute Gasteiger partial charge is 0.480 e. The van der Waals surface area contributed by atoms with Crippen LogP contribution in [0.4, 0.5) is 5.69 Å². The predicted molar refractivity (Wildman–Crippen MR) is 136 cm³/mol. The van der Waals surface area contributed by atoms with Gasteiger partial charge in [0.15, 0.2) is 0 Å². The fourth-order valence-electron chi connectivity index (χ4n) is 4.68. The first-order valence-electron chi connectivity index (χ1n) is 11.8. The summed E-state index contributed by atoms with van der Waals surface area (Å²) in [6.45, 7) is 11.6. The Morgan fingerprint density at radius 1 is 0.970 bits per heavy atom. The van der Waals surface area contributed by atoms with Crippen molar-refractivity contribution in [3.05, 3.63) is 57.7 Å². The zero-order valence-electron chi connectivity index (χ0n) is 20.6. The number of hydrogen-bond donors (Lipinski definition) is 3. The summed E-state index contributed by atoms with van der Waals surface area (Å²) in [5.41, 5.74) is 9.73. The molecular formula is C28H36N2O3. The topological polar surface area (TPSA) is 78.4 Å². The fourth-order valence-corrected chi connectivity index (χ4v) is 4.68. The van der Waals surface area contributed by atoms with Crippen LogP contribution in [0.3, 0.4) is 0 Å². The Bertz CT molecular complexity index is 1050. The summed E-state index contributed by atoms with van der Waals surface area (Å²) >= 11 is 0. The molecule has 5 heteroatoms. The maximum absolute atomic E-state index is 12.5. The molecule has 3 rings (SSSR count). The van der Waals surface area contributed by atoms with Crippen molar-refractivity contribution in [2.75, 3.05) is 5.32 Å². The van der Waals surface area contributed by atoms with Crippen LogP contribution in [0.15, 0.2) is 29.8 Å². The van der Waals surface area contributed by atoms with Crippen LogP contribution in [0.5, 0.6) is 0 Å². The number of benzene rings is 2. The Morgan fingerprint density at radius 2 is 1.52 bits per heavy atom. The van der Waals surface area contributed by atoms with Gasteiger partial charge in [0.1, 0.15) is 6.04 Å². The lowest BCUT2D eigenvalue weighted by atomic mass is 9.85. The van der Waals surface area contributed by atoms with Crippen molar-refractivity contribution in [1.82, 2.24) is 5.32 Å². The lowest BCUT2D eigenvalue weighted by Crippen LogP contribution is -2.38. The second kappa shape index (κ2) is 10.2. The molecule has 5 nitrogen and oxygen atoms in total. The number of carbonyl (C=O) groups is 2. The molecule has 0 spiro atoms.